The highest BCUT2D eigenvalue weighted by Crippen LogP contribution is 2.33. The van der Waals surface area contributed by atoms with Crippen molar-refractivity contribution in [2.45, 2.75) is 19.8 Å². The van der Waals surface area contributed by atoms with Gasteiger partial charge in [-0.2, -0.15) is 0 Å². The van der Waals surface area contributed by atoms with E-state index in [9.17, 15) is 14.7 Å². The zero-order chi connectivity index (χ0) is 14.7. The fourth-order valence-electron chi connectivity index (χ4n) is 1.77. The van der Waals surface area contributed by atoms with Crippen molar-refractivity contribution in [3.8, 4) is 5.75 Å². The minimum atomic E-state index is -0.238. The minimum Gasteiger partial charge on any atom is -0.507 e. The number of carbonyl (C=O) groups is 2. The van der Waals surface area contributed by atoms with Crippen LogP contribution < -0.4 is 0 Å². The number of carbonyl (C=O) groups excluding carboxylic acids is 2. The minimum absolute atomic E-state index is 0.137. The van der Waals surface area contributed by atoms with Crippen molar-refractivity contribution in [2.24, 2.45) is 0 Å². The summed E-state index contributed by atoms with van der Waals surface area (Å²) < 4.78 is 0.552. The lowest BCUT2D eigenvalue weighted by Gasteiger charge is -2.10. The fraction of sp³-hybridized carbons (Fsp3) is 0.286. The summed E-state index contributed by atoms with van der Waals surface area (Å²) in [6.45, 7) is 2.49. The lowest BCUT2D eigenvalue weighted by molar-refractivity contribution is -0.122. The van der Waals surface area contributed by atoms with Crippen LogP contribution in [0.3, 0.4) is 0 Å². The number of unbranched alkanes of at least 4 members (excludes halogenated alkanes) is 1. The second-order valence-electron chi connectivity index (χ2n) is 4.40. The van der Waals surface area contributed by atoms with Crippen LogP contribution in [0, 0.1) is 0 Å². The quantitative estimate of drug-likeness (QED) is 0.829. The SMILES string of the molecule is CCCCN1C(=O)SC(=Cc2ccc(O)c(Br)c2)C1=O. The van der Waals surface area contributed by atoms with Gasteiger partial charge in [-0.05, 0) is 57.9 Å². The van der Waals surface area contributed by atoms with Gasteiger partial charge in [0.05, 0.1) is 9.38 Å². The number of phenolic OH excluding ortho intramolecular Hbond substituents is 1. The molecular weight excluding hydrogens is 342 g/mol. The molecule has 1 aromatic carbocycles. The first-order valence-corrected chi connectivity index (χ1v) is 7.87. The van der Waals surface area contributed by atoms with Crippen LogP contribution in [-0.2, 0) is 4.79 Å². The van der Waals surface area contributed by atoms with E-state index in [0.717, 1.165) is 30.2 Å². The second kappa shape index (κ2) is 6.45. The van der Waals surface area contributed by atoms with Crippen LogP contribution in [0.5, 0.6) is 5.75 Å². The molecule has 0 aromatic heterocycles. The van der Waals surface area contributed by atoms with E-state index in [1.807, 2.05) is 6.92 Å². The molecule has 1 aliphatic rings. The molecule has 0 spiro atoms. The first-order valence-electron chi connectivity index (χ1n) is 6.27. The standard InChI is InChI=1S/C14H14BrNO3S/c1-2-3-6-16-13(18)12(20-14(16)19)8-9-4-5-11(17)10(15)7-9/h4-5,7-8,17H,2-3,6H2,1H3. The third-order valence-corrected chi connectivity index (χ3v) is 4.42. The Morgan fingerprint density at radius 1 is 1.40 bits per heavy atom. The summed E-state index contributed by atoms with van der Waals surface area (Å²) in [6, 6.07) is 4.94. The Bertz CT molecular complexity index is 586. The average molecular weight is 356 g/mol. The van der Waals surface area contributed by atoms with Gasteiger partial charge in [0.25, 0.3) is 11.1 Å². The van der Waals surface area contributed by atoms with E-state index in [-0.39, 0.29) is 16.9 Å². The molecule has 0 saturated carbocycles. The summed E-state index contributed by atoms with van der Waals surface area (Å²) in [6.07, 6.45) is 3.42. The molecule has 1 saturated heterocycles. The molecule has 1 N–H and O–H groups in total. The number of hydrogen-bond acceptors (Lipinski definition) is 4. The zero-order valence-electron chi connectivity index (χ0n) is 10.9. The fourth-order valence-corrected chi connectivity index (χ4v) is 3.03. The van der Waals surface area contributed by atoms with Gasteiger partial charge in [-0.25, -0.2) is 0 Å². The van der Waals surface area contributed by atoms with Gasteiger partial charge in [-0.3, -0.25) is 14.5 Å². The van der Waals surface area contributed by atoms with Gasteiger partial charge in [0.1, 0.15) is 5.75 Å². The molecule has 0 atom stereocenters. The summed E-state index contributed by atoms with van der Waals surface area (Å²) in [4.78, 5) is 25.6. The Kier molecular flexibility index (Phi) is 4.88. The highest BCUT2D eigenvalue weighted by Gasteiger charge is 2.34. The molecule has 1 aromatic rings. The Balaban J connectivity index is 2.20. The molecular formula is C14H14BrNO3S. The van der Waals surface area contributed by atoms with Gasteiger partial charge in [0, 0.05) is 6.54 Å². The van der Waals surface area contributed by atoms with Crippen molar-refractivity contribution < 1.29 is 14.7 Å². The van der Waals surface area contributed by atoms with Gasteiger partial charge in [0.15, 0.2) is 0 Å². The maximum Gasteiger partial charge on any atom is 0.293 e. The average Bonchev–Trinajstić information content (AvgIpc) is 2.67. The van der Waals surface area contributed by atoms with Gasteiger partial charge in [-0.1, -0.05) is 19.4 Å². The van der Waals surface area contributed by atoms with Crippen molar-refractivity contribution in [1.29, 1.82) is 0 Å². The van der Waals surface area contributed by atoms with Crippen molar-refractivity contribution >= 4 is 44.9 Å². The Labute approximate surface area is 130 Å². The summed E-state index contributed by atoms with van der Waals surface area (Å²) >= 11 is 4.18. The van der Waals surface area contributed by atoms with E-state index >= 15 is 0 Å². The molecule has 1 heterocycles. The van der Waals surface area contributed by atoms with Gasteiger partial charge in [-0.15, -0.1) is 0 Å². The van der Waals surface area contributed by atoms with Crippen LogP contribution in [0.15, 0.2) is 27.6 Å². The molecule has 106 valence electrons. The molecule has 0 unspecified atom stereocenters. The molecule has 2 amide bonds. The Morgan fingerprint density at radius 3 is 2.80 bits per heavy atom. The van der Waals surface area contributed by atoms with Crippen molar-refractivity contribution in [1.82, 2.24) is 4.90 Å². The van der Waals surface area contributed by atoms with Crippen LogP contribution in [0.25, 0.3) is 6.08 Å². The van der Waals surface area contributed by atoms with Crippen molar-refractivity contribution in [2.75, 3.05) is 6.54 Å². The summed E-state index contributed by atoms with van der Waals surface area (Å²) in [7, 11) is 0. The van der Waals surface area contributed by atoms with Crippen molar-refractivity contribution in [3.05, 3.63) is 33.1 Å². The van der Waals surface area contributed by atoms with E-state index in [4.69, 9.17) is 0 Å². The number of benzene rings is 1. The Morgan fingerprint density at radius 2 is 2.15 bits per heavy atom. The van der Waals surface area contributed by atoms with Crippen LogP contribution >= 0.6 is 27.7 Å². The topological polar surface area (TPSA) is 57.6 Å². The molecule has 0 radical (unpaired) electrons. The largest absolute Gasteiger partial charge is 0.507 e. The summed E-state index contributed by atoms with van der Waals surface area (Å²) in [5.41, 5.74) is 0.760. The van der Waals surface area contributed by atoms with Gasteiger partial charge >= 0.3 is 0 Å². The lowest BCUT2D eigenvalue weighted by atomic mass is 10.2. The van der Waals surface area contributed by atoms with Crippen LogP contribution in [-0.4, -0.2) is 27.7 Å². The van der Waals surface area contributed by atoms with Crippen LogP contribution in [0.1, 0.15) is 25.3 Å². The van der Waals surface area contributed by atoms with Gasteiger partial charge < -0.3 is 5.11 Å². The molecule has 0 bridgehead atoms. The molecule has 0 aliphatic carbocycles. The number of amides is 2. The van der Waals surface area contributed by atoms with E-state index < -0.39 is 0 Å². The van der Waals surface area contributed by atoms with Gasteiger partial charge in [0.2, 0.25) is 0 Å². The zero-order valence-corrected chi connectivity index (χ0v) is 13.3. The number of nitrogens with zero attached hydrogens (tertiary/aromatic N) is 1. The number of imide groups is 1. The normalized spacial score (nSPS) is 17.3. The third kappa shape index (κ3) is 3.24. The molecule has 1 fully saturated rings. The molecule has 1 aliphatic heterocycles. The number of thioether (sulfide) groups is 1. The van der Waals surface area contributed by atoms with Crippen molar-refractivity contribution in [3.63, 3.8) is 0 Å². The first-order chi connectivity index (χ1) is 9.52. The number of phenols is 1. The molecule has 20 heavy (non-hydrogen) atoms. The van der Waals surface area contributed by atoms with E-state index in [1.54, 1.807) is 18.2 Å². The predicted molar refractivity (Wildman–Crippen MR) is 83.4 cm³/mol. The highest BCUT2D eigenvalue weighted by atomic mass is 79.9. The predicted octanol–water partition coefficient (Wildman–Crippen LogP) is 3.99. The third-order valence-electron chi connectivity index (χ3n) is 2.88. The maximum atomic E-state index is 12.1. The van der Waals surface area contributed by atoms with E-state index in [1.165, 1.54) is 11.0 Å². The lowest BCUT2D eigenvalue weighted by Crippen LogP contribution is -2.29. The summed E-state index contributed by atoms with van der Waals surface area (Å²) in [5, 5.41) is 9.22. The second-order valence-corrected chi connectivity index (χ2v) is 6.25. The maximum absolute atomic E-state index is 12.1. The number of rotatable bonds is 4. The highest BCUT2D eigenvalue weighted by molar-refractivity contribution is 9.10. The first kappa shape index (κ1) is 15.1. The van der Waals surface area contributed by atoms with E-state index in [2.05, 4.69) is 15.9 Å². The monoisotopic (exact) mass is 355 g/mol. The van der Waals surface area contributed by atoms with Crippen LogP contribution in [0.4, 0.5) is 4.79 Å². The molecule has 4 nitrogen and oxygen atoms in total. The molecule has 6 heteroatoms. The number of hydrogen-bond donors (Lipinski definition) is 1. The summed E-state index contributed by atoms with van der Waals surface area (Å²) in [5.74, 6) is -0.101. The Hall–Kier alpha value is -1.27. The van der Waals surface area contributed by atoms with Crippen LogP contribution in [0.2, 0.25) is 0 Å². The van der Waals surface area contributed by atoms with E-state index in [0.29, 0.717) is 15.9 Å². The number of aromatic hydroxyl groups is 1. The smallest absolute Gasteiger partial charge is 0.293 e. The molecule has 2 rings (SSSR count). The number of halogens is 1.